The van der Waals surface area contributed by atoms with E-state index in [1.165, 1.54) is 0 Å². The number of para-hydroxylation sites is 1. The van der Waals surface area contributed by atoms with Crippen molar-refractivity contribution in [3.8, 4) is 5.75 Å². The second-order valence-electron chi connectivity index (χ2n) is 4.27. The van der Waals surface area contributed by atoms with Gasteiger partial charge in [-0.1, -0.05) is 17.8 Å². The molecule has 4 N–H and O–H groups in total. The largest absolute Gasteiger partial charge is 0.497 e. The van der Waals surface area contributed by atoms with Gasteiger partial charge in [0.25, 0.3) is 0 Å². The van der Waals surface area contributed by atoms with Gasteiger partial charge in [0.1, 0.15) is 11.2 Å². The van der Waals surface area contributed by atoms with E-state index in [0.717, 1.165) is 27.7 Å². The Hall–Kier alpha value is -1.85. The standard InChI is InChI=1S/C14H15N3OS/c1-18-10-7-5-9(6-8-10)17-13-11(15)3-2-4-12(13)19-14(17)16/h2-8,14H,15-16H2,1H3. The summed E-state index contributed by atoms with van der Waals surface area (Å²) in [6.07, 6.45) is 0. The Morgan fingerprint density at radius 2 is 1.89 bits per heavy atom. The first kappa shape index (κ1) is 12.2. The Morgan fingerprint density at radius 3 is 2.58 bits per heavy atom. The van der Waals surface area contributed by atoms with Crippen molar-refractivity contribution in [3.63, 3.8) is 0 Å². The maximum atomic E-state index is 6.20. The monoisotopic (exact) mass is 273 g/mol. The first-order chi connectivity index (χ1) is 9.20. The number of hydrogen-bond acceptors (Lipinski definition) is 5. The summed E-state index contributed by atoms with van der Waals surface area (Å²) in [6.45, 7) is 0. The molecule has 1 unspecified atom stereocenters. The van der Waals surface area contributed by atoms with Crippen LogP contribution in [0.25, 0.3) is 0 Å². The van der Waals surface area contributed by atoms with E-state index in [1.807, 2.05) is 42.5 Å². The average molecular weight is 273 g/mol. The van der Waals surface area contributed by atoms with E-state index in [2.05, 4.69) is 4.90 Å². The third kappa shape index (κ3) is 2.01. The van der Waals surface area contributed by atoms with Gasteiger partial charge in [0.15, 0.2) is 0 Å². The molecule has 0 spiro atoms. The lowest BCUT2D eigenvalue weighted by atomic mass is 10.2. The van der Waals surface area contributed by atoms with E-state index in [0.29, 0.717) is 0 Å². The quantitative estimate of drug-likeness (QED) is 0.824. The first-order valence-corrected chi connectivity index (χ1v) is 6.82. The van der Waals surface area contributed by atoms with Crippen molar-refractivity contribution in [1.82, 2.24) is 0 Å². The highest BCUT2D eigenvalue weighted by atomic mass is 32.2. The molecule has 3 rings (SSSR count). The van der Waals surface area contributed by atoms with Crippen LogP contribution in [0.15, 0.2) is 47.4 Å². The van der Waals surface area contributed by atoms with Crippen LogP contribution in [-0.4, -0.2) is 12.6 Å². The van der Waals surface area contributed by atoms with Crippen molar-refractivity contribution in [2.45, 2.75) is 10.4 Å². The molecule has 0 radical (unpaired) electrons. The van der Waals surface area contributed by atoms with Crippen LogP contribution in [0, 0.1) is 0 Å². The summed E-state index contributed by atoms with van der Waals surface area (Å²) in [5.41, 5.74) is 14.9. The molecule has 5 heteroatoms. The van der Waals surface area contributed by atoms with Gasteiger partial charge in [-0.2, -0.15) is 0 Å². The minimum absolute atomic E-state index is 0.159. The van der Waals surface area contributed by atoms with Gasteiger partial charge in [-0.05, 0) is 36.4 Å². The molecule has 4 nitrogen and oxygen atoms in total. The van der Waals surface area contributed by atoms with Gasteiger partial charge in [0.05, 0.1) is 18.5 Å². The zero-order valence-corrected chi connectivity index (χ0v) is 11.4. The molecule has 0 saturated carbocycles. The van der Waals surface area contributed by atoms with Crippen molar-refractivity contribution in [1.29, 1.82) is 0 Å². The topological polar surface area (TPSA) is 64.5 Å². The molecule has 0 fully saturated rings. The molecule has 98 valence electrons. The number of methoxy groups -OCH3 is 1. The van der Waals surface area contributed by atoms with Crippen LogP contribution in [0.5, 0.6) is 5.75 Å². The summed E-state index contributed by atoms with van der Waals surface area (Å²) in [4.78, 5) is 3.16. The van der Waals surface area contributed by atoms with Gasteiger partial charge in [-0.3, -0.25) is 0 Å². The molecule has 1 heterocycles. The number of hydrogen-bond donors (Lipinski definition) is 2. The predicted octanol–water partition coefficient (Wildman–Crippen LogP) is 2.76. The second kappa shape index (κ2) is 4.68. The smallest absolute Gasteiger partial charge is 0.134 e. The van der Waals surface area contributed by atoms with Gasteiger partial charge in [-0.25, -0.2) is 0 Å². The van der Waals surface area contributed by atoms with Crippen LogP contribution in [-0.2, 0) is 0 Å². The van der Waals surface area contributed by atoms with Gasteiger partial charge in [0, 0.05) is 10.6 Å². The first-order valence-electron chi connectivity index (χ1n) is 5.95. The van der Waals surface area contributed by atoms with Crippen LogP contribution in [0.1, 0.15) is 0 Å². The fraction of sp³-hybridized carbons (Fsp3) is 0.143. The molecule has 19 heavy (non-hydrogen) atoms. The number of ether oxygens (including phenoxy) is 1. The second-order valence-corrected chi connectivity index (χ2v) is 5.43. The fourth-order valence-corrected chi connectivity index (χ4v) is 3.30. The van der Waals surface area contributed by atoms with Gasteiger partial charge in [0.2, 0.25) is 0 Å². The van der Waals surface area contributed by atoms with Crippen molar-refractivity contribution in [2.24, 2.45) is 5.73 Å². The summed E-state index contributed by atoms with van der Waals surface area (Å²) in [6, 6.07) is 13.7. The van der Waals surface area contributed by atoms with E-state index in [9.17, 15) is 0 Å². The molecule has 0 amide bonds. The number of rotatable bonds is 2. The van der Waals surface area contributed by atoms with E-state index < -0.39 is 0 Å². The molecular formula is C14H15N3OS. The summed E-state index contributed by atoms with van der Waals surface area (Å²) in [5, 5.41) is 0. The molecular weight excluding hydrogens is 258 g/mol. The van der Waals surface area contributed by atoms with Crippen molar-refractivity contribution < 1.29 is 4.74 Å². The highest BCUT2D eigenvalue weighted by Crippen LogP contribution is 2.48. The zero-order valence-electron chi connectivity index (χ0n) is 10.5. The summed E-state index contributed by atoms with van der Waals surface area (Å²) >= 11 is 1.61. The zero-order chi connectivity index (χ0) is 13.4. The van der Waals surface area contributed by atoms with Crippen molar-refractivity contribution in [2.75, 3.05) is 17.7 Å². The molecule has 2 aromatic rings. The van der Waals surface area contributed by atoms with E-state index in [4.69, 9.17) is 16.2 Å². The lowest BCUT2D eigenvalue weighted by Gasteiger charge is -2.24. The molecule has 0 saturated heterocycles. The molecule has 0 aliphatic carbocycles. The summed E-state index contributed by atoms with van der Waals surface area (Å²) in [5.74, 6) is 0.824. The molecule has 2 aromatic carbocycles. The number of nitrogen functional groups attached to an aromatic ring is 1. The third-order valence-electron chi connectivity index (χ3n) is 3.12. The maximum absolute atomic E-state index is 6.20. The van der Waals surface area contributed by atoms with Crippen LogP contribution >= 0.6 is 11.8 Å². The van der Waals surface area contributed by atoms with Gasteiger partial charge in [-0.15, -0.1) is 0 Å². The van der Waals surface area contributed by atoms with Gasteiger partial charge < -0.3 is 21.1 Å². The normalized spacial score (nSPS) is 17.4. The lowest BCUT2D eigenvalue weighted by Crippen LogP contribution is -2.32. The minimum atomic E-state index is -0.159. The van der Waals surface area contributed by atoms with E-state index in [1.54, 1.807) is 18.9 Å². The SMILES string of the molecule is COc1ccc(N2c3c(N)cccc3SC2N)cc1. The Morgan fingerprint density at radius 1 is 1.16 bits per heavy atom. The Balaban J connectivity index is 2.05. The van der Waals surface area contributed by atoms with Crippen LogP contribution in [0.2, 0.25) is 0 Å². The Labute approximate surface area is 116 Å². The lowest BCUT2D eigenvalue weighted by molar-refractivity contribution is 0.415. The summed E-state index contributed by atoms with van der Waals surface area (Å²) in [7, 11) is 1.65. The van der Waals surface area contributed by atoms with Crippen LogP contribution < -0.4 is 21.1 Å². The van der Waals surface area contributed by atoms with Crippen LogP contribution in [0.3, 0.4) is 0 Å². The Kier molecular flexibility index (Phi) is 3.00. The Bertz CT molecular complexity index is 600. The third-order valence-corrected chi connectivity index (χ3v) is 4.16. The number of nitrogens with two attached hydrogens (primary N) is 2. The molecule has 1 aliphatic heterocycles. The molecule has 0 bridgehead atoms. The number of benzene rings is 2. The number of fused-ring (bicyclic) bond motifs is 1. The fourth-order valence-electron chi connectivity index (χ4n) is 2.22. The molecule has 1 atom stereocenters. The highest BCUT2D eigenvalue weighted by molar-refractivity contribution is 8.00. The summed E-state index contributed by atoms with van der Waals surface area (Å²) < 4.78 is 5.17. The highest BCUT2D eigenvalue weighted by Gasteiger charge is 2.30. The van der Waals surface area contributed by atoms with Crippen molar-refractivity contribution in [3.05, 3.63) is 42.5 Å². The van der Waals surface area contributed by atoms with E-state index >= 15 is 0 Å². The number of anilines is 3. The number of thioether (sulfide) groups is 1. The molecule has 0 aromatic heterocycles. The number of nitrogens with zero attached hydrogens (tertiary/aromatic N) is 1. The van der Waals surface area contributed by atoms with Crippen molar-refractivity contribution >= 4 is 28.8 Å². The average Bonchev–Trinajstić information content (AvgIpc) is 2.76. The molecule has 1 aliphatic rings. The van der Waals surface area contributed by atoms with E-state index in [-0.39, 0.29) is 5.50 Å². The predicted molar refractivity (Wildman–Crippen MR) is 79.8 cm³/mol. The van der Waals surface area contributed by atoms with Gasteiger partial charge >= 0.3 is 0 Å². The minimum Gasteiger partial charge on any atom is -0.497 e. The van der Waals surface area contributed by atoms with Crippen LogP contribution in [0.4, 0.5) is 17.1 Å². The maximum Gasteiger partial charge on any atom is 0.134 e.